The Labute approximate surface area is 125 Å². The highest BCUT2D eigenvalue weighted by molar-refractivity contribution is 5.52. The molecule has 0 amide bonds. The van der Waals surface area contributed by atoms with Gasteiger partial charge in [0, 0.05) is 36.7 Å². The highest BCUT2D eigenvalue weighted by Gasteiger charge is 2.20. The number of fused-ring (bicyclic) bond motifs is 1. The van der Waals surface area contributed by atoms with Gasteiger partial charge in [0.1, 0.15) is 0 Å². The minimum absolute atomic E-state index is 0.408. The maximum absolute atomic E-state index is 4.81. The molecule has 0 bridgehead atoms. The third-order valence-corrected chi connectivity index (χ3v) is 4.04. The lowest BCUT2D eigenvalue weighted by Crippen LogP contribution is -2.23. The van der Waals surface area contributed by atoms with Gasteiger partial charge in [0.15, 0.2) is 5.82 Å². The summed E-state index contributed by atoms with van der Waals surface area (Å²) in [5.41, 5.74) is 3.48. The molecule has 112 valence electrons. The Morgan fingerprint density at radius 3 is 3.00 bits per heavy atom. The monoisotopic (exact) mass is 285 g/mol. The van der Waals surface area contributed by atoms with Crippen molar-refractivity contribution < 1.29 is 0 Å². The van der Waals surface area contributed by atoms with Crippen LogP contribution < -0.4 is 5.32 Å². The molecule has 5 heteroatoms. The Hall–Kier alpha value is -1.75. The summed E-state index contributed by atoms with van der Waals surface area (Å²) in [5, 5.41) is 7.84. The highest BCUT2D eigenvalue weighted by Crippen LogP contribution is 2.28. The zero-order valence-corrected chi connectivity index (χ0v) is 12.8. The average Bonchev–Trinajstić information content (AvgIpc) is 2.83. The van der Waals surface area contributed by atoms with E-state index in [-0.39, 0.29) is 0 Å². The van der Waals surface area contributed by atoms with Crippen LogP contribution in [0.5, 0.6) is 0 Å². The predicted molar refractivity (Wildman–Crippen MR) is 82.8 cm³/mol. The molecule has 2 aromatic heterocycles. The highest BCUT2D eigenvalue weighted by atomic mass is 15.2. The number of hydrogen-bond acceptors (Lipinski definition) is 4. The van der Waals surface area contributed by atoms with Crippen LogP contribution in [-0.2, 0) is 13.5 Å². The minimum atomic E-state index is 0.408. The van der Waals surface area contributed by atoms with Crippen molar-refractivity contribution in [2.24, 2.45) is 7.05 Å². The van der Waals surface area contributed by atoms with E-state index in [0.29, 0.717) is 6.04 Å². The molecule has 1 unspecified atom stereocenters. The molecule has 1 N–H and O–H groups in total. The third kappa shape index (κ3) is 3.13. The Bertz CT molecular complexity index is 604. The second-order valence-corrected chi connectivity index (χ2v) is 5.75. The van der Waals surface area contributed by atoms with Crippen molar-refractivity contribution in [1.29, 1.82) is 0 Å². The molecular weight excluding hydrogens is 262 g/mol. The molecule has 0 saturated carbocycles. The smallest absolute Gasteiger partial charge is 0.162 e. The molecular formula is C16H23N5. The summed E-state index contributed by atoms with van der Waals surface area (Å²) in [6, 6.07) is 0.408. The first-order chi connectivity index (χ1) is 10.3. The van der Waals surface area contributed by atoms with Crippen molar-refractivity contribution in [2.45, 2.75) is 45.1 Å². The van der Waals surface area contributed by atoms with E-state index in [4.69, 9.17) is 4.98 Å². The maximum atomic E-state index is 4.81. The molecule has 0 aromatic carbocycles. The maximum Gasteiger partial charge on any atom is 0.162 e. The van der Waals surface area contributed by atoms with Gasteiger partial charge in [0.25, 0.3) is 0 Å². The van der Waals surface area contributed by atoms with E-state index in [1.807, 2.05) is 25.6 Å². The Balaban J connectivity index is 1.91. The quantitative estimate of drug-likeness (QED) is 0.877. The molecule has 2 aromatic rings. The first-order valence-corrected chi connectivity index (χ1v) is 7.86. The molecule has 0 saturated heterocycles. The van der Waals surface area contributed by atoms with Gasteiger partial charge >= 0.3 is 0 Å². The standard InChI is InChI=1S/C16H23N5/c1-3-8-17-14-6-4-5-7-15-13(14)10-18-16(20-15)12-9-19-21(2)11-12/h9-11,14,17H,3-8H2,1-2H3. The SMILES string of the molecule is CCCNC1CCCCc2nc(-c3cnn(C)c3)ncc21. The van der Waals surface area contributed by atoms with E-state index >= 15 is 0 Å². The summed E-state index contributed by atoms with van der Waals surface area (Å²) < 4.78 is 1.79. The van der Waals surface area contributed by atoms with Crippen LogP contribution in [0.1, 0.15) is 49.9 Å². The lowest BCUT2D eigenvalue weighted by molar-refractivity contribution is 0.488. The molecule has 1 atom stereocenters. The molecule has 0 radical (unpaired) electrons. The number of hydrogen-bond donors (Lipinski definition) is 1. The van der Waals surface area contributed by atoms with E-state index in [2.05, 4.69) is 22.3 Å². The fourth-order valence-electron chi connectivity index (χ4n) is 2.92. The van der Waals surface area contributed by atoms with Crippen LogP contribution in [0.15, 0.2) is 18.6 Å². The molecule has 1 aliphatic rings. The van der Waals surface area contributed by atoms with Crippen LogP contribution in [0.3, 0.4) is 0 Å². The van der Waals surface area contributed by atoms with E-state index in [0.717, 1.165) is 30.8 Å². The van der Waals surface area contributed by atoms with Gasteiger partial charge in [-0.2, -0.15) is 5.10 Å². The number of rotatable bonds is 4. The normalized spacial score (nSPS) is 18.3. The van der Waals surface area contributed by atoms with Gasteiger partial charge < -0.3 is 5.32 Å². The second kappa shape index (κ2) is 6.35. The summed E-state index contributed by atoms with van der Waals surface area (Å²) in [4.78, 5) is 9.38. The van der Waals surface area contributed by atoms with Gasteiger partial charge in [-0.15, -0.1) is 0 Å². The van der Waals surface area contributed by atoms with Crippen molar-refractivity contribution in [3.8, 4) is 11.4 Å². The van der Waals surface area contributed by atoms with Gasteiger partial charge in [-0.05, 0) is 32.2 Å². The van der Waals surface area contributed by atoms with Crippen molar-refractivity contribution >= 4 is 0 Å². The van der Waals surface area contributed by atoms with Crippen LogP contribution in [0.4, 0.5) is 0 Å². The van der Waals surface area contributed by atoms with Crippen molar-refractivity contribution in [3.63, 3.8) is 0 Å². The topological polar surface area (TPSA) is 55.6 Å². The van der Waals surface area contributed by atoms with Gasteiger partial charge in [-0.25, -0.2) is 9.97 Å². The summed E-state index contributed by atoms with van der Waals surface area (Å²) >= 11 is 0. The number of nitrogens with zero attached hydrogens (tertiary/aromatic N) is 4. The first kappa shape index (κ1) is 14.2. The average molecular weight is 285 g/mol. The predicted octanol–water partition coefficient (Wildman–Crippen LogP) is 2.64. The Morgan fingerprint density at radius 2 is 2.24 bits per heavy atom. The van der Waals surface area contributed by atoms with Crippen LogP contribution in [0.2, 0.25) is 0 Å². The van der Waals surface area contributed by atoms with E-state index < -0.39 is 0 Å². The van der Waals surface area contributed by atoms with E-state index in [1.54, 1.807) is 4.68 Å². The molecule has 0 fully saturated rings. The van der Waals surface area contributed by atoms with Crippen LogP contribution >= 0.6 is 0 Å². The second-order valence-electron chi connectivity index (χ2n) is 5.75. The molecule has 21 heavy (non-hydrogen) atoms. The Kier molecular flexibility index (Phi) is 4.29. The van der Waals surface area contributed by atoms with Crippen molar-refractivity contribution in [2.75, 3.05) is 6.54 Å². The third-order valence-electron chi connectivity index (χ3n) is 4.04. The lowest BCUT2D eigenvalue weighted by Gasteiger charge is -2.18. The summed E-state index contributed by atoms with van der Waals surface area (Å²) in [6.45, 7) is 3.25. The van der Waals surface area contributed by atoms with Gasteiger partial charge in [0.05, 0.1) is 11.8 Å². The van der Waals surface area contributed by atoms with Crippen LogP contribution in [-0.4, -0.2) is 26.3 Å². The van der Waals surface area contributed by atoms with E-state index in [9.17, 15) is 0 Å². The summed E-state index contributed by atoms with van der Waals surface area (Å²) in [5.74, 6) is 0.790. The number of nitrogens with one attached hydrogen (secondary N) is 1. The summed E-state index contributed by atoms with van der Waals surface area (Å²) in [7, 11) is 1.91. The molecule has 0 aliphatic heterocycles. The molecule has 2 heterocycles. The fourth-order valence-corrected chi connectivity index (χ4v) is 2.92. The van der Waals surface area contributed by atoms with Crippen LogP contribution in [0.25, 0.3) is 11.4 Å². The van der Waals surface area contributed by atoms with Crippen molar-refractivity contribution in [1.82, 2.24) is 25.1 Å². The first-order valence-electron chi connectivity index (χ1n) is 7.86. The van der Waals surface area contributed by atoms with Gasteiger partial charge in [0.2, 0.25) is 0 Å². The number of aromatic nitrogens is 4. The molecule has 5 nitrogen and oxygen atoms in total. The van der Waals surface area contributed by atoms with E-state index in [1.165, 1.54) is 30.5 Å². The Morgan fingerprint density at radius 1 is 1.33 bits per heavy atom. The van der Waals surface area contributed by atoms with Crippen LogP contribution in [0, 0.1) is 0 Å². The van der Waals surface area contributed by atoms with Crippen molar-refractivity contribution in [3.05, 3.63) is 29.8 Å². The lowest BCUT2D eigenvalue weighted by atomic mass is 10.0. The number of aryl methyl sites for hydroxylation is 2. The van der Waals surface area contributed by atoms with Gasteiger partial charge in [-0.3, -0.25) is 4.68 Å². The summed E-state index contributed by atoms with van der Waals surface area (Å²) in [6.07, 6.45) is 11.7. The molecule has 3 rings (SSSR count). The minimum Gasteiger partial charge on any atom is -0.310 e. The largest absolute Gasteiger partial charge is 0.310 e. The van der Waals surface area contributed by atoms with Gasteiger partial charge in [-0.1, -0.05) is 13.3 Å². The fraction of sp³-hybridized carbons (Fsp3) is 0.562. The zero-order chi connectivity index (χ0) is 14.7. The zero-order valence-electron chi connectivity index (χ0n) is 12.8. The molecule has 0 spiro atoms. The molecule has 1 aliphatic carbocycles.